The van der Waals surface area contributed by atoms with Gasteiger partial charge in [0.25, 0.3) is 0 Å². The van der Waals surface area contributed by atoms with Crippen LogP contribution in [0.2, 0.25) is 10.2 Å². The smallest absolute Gasteiger partial charge is 0.161 e. The lowest BCUT2D eigenvalue weighted by Crippen LogP contribution is -1.52. The summed E-state index contributed by atoms with van der Waals surface area (Å²) < 4.78 is 3.69. The van der Waals surface area contributed by atoms with Crippen LogP contribution in [0.25, 0.3) is 0 Å². The number of nitrogens with zero attached hydrogens (tertiary/aromatic N) is 1. The summed E-state index contributed by atoms with van der Waals surface area (Å²) in [5.74, 6) is 0. The van der Waals surface area contributed by atoms with Gasteiger partial charge in [0, 0.05) is 5.38 Å². The van der Waals surface area contributed by atoms with Crippen molar-refractivity contribution in [2.24, 2.45) is 0 Å². The summed E-state index contributed by atoms with van der Waals surface area (Å²) in [5, 5.41) is 2.61. The second-order valence-electron chi connectivity index (χ2n) is 0.953. The largest absolute Gasteiger partial charge is 0.179 e. The van der Waals surface area contributed by atoms with Crippen LogP contribution < -0.4 is 0 Å². The highest BCUT2D eigenvalue weighted by Gasteiger charge is 1.94. The molecule has 0 atom stereocenters. The molecule has 1 nitrogen and oxygen atoms in total. The van der Waals surface area contributed by atoms with Crippen LogP contribution in [0.15, 0.2) is 5.38 Å². The lowest BCUT2D eigenvalue weighted by atomic mass is 10.8. The molecule has 0 aliphatic rings. The minimum atomic E-state index is 0.395. The Balaban J connectivity index is 3.12. The molecule has 0 aliphatic carbocycles. The average Bonchev–Trinajstić information content (AvgIpc) is 1.91. The van der Waals surface area contributed by atoms with Crippen LogP contribution in [-0.2, 0) is 0 Å². The predicted molar refractivity (Wildman–Crippen MR) is 32.1 cm³/mol. The molecule has 0 bridgehead atoms. The van der Waals surface area contributed by atoms with E-state index in [1.807, 2.05) is 0 Å². The van der Waals surface area contributed by atoms with Gasteiger partial charge in [0.2, 0.25) is 0 Å². The Hall–Kier alpha value is 0.210. The molecule has 0 saturated carbocycles. The first-order chi connectivity index (χ1) is 3.30. The highest BCUT2D eigenvalue weighted by Crippen LogP contribution is 2.20. The first kappa shape index (κ1) is 5.35. The van der Waals surface area contributed by atoms with Crippen molar-refractivity contribution in [3.63, 3.8) is 0 Å². The van der Waals surface area contributed by atoms with E-state index in [0.29, 0.717) is 10.2 Å². The second kappa shape index (κ2) is 1.99. The van der Waals surface area contributed by atoms with Gasteiger partial charge in [0.15, 0.2) is 5.15 Å². The van der Waals surface area contributed by atoms with Crippen molar-refractivity contribution in [1.82, 2.24) is 4.37 Å². The maximum atomic E-state index is 5.44. The molecule has 0 amide bonds. The number of hydrogen-bond donors (Lipinski definition) is 0. The molecule has 4 heteroatoms. The molecule has 0 aromatic carbocycles. The van der Waals surface area contributed by atoms with Gasteiger partial charge in [-0.1, -0.05) is 23.2 Å². The highest BCUT2D eigenvalue weighted by molar-refractivity contribution is 7.04. The molecule has 1 heterocycles. The molecule has 1 rings (SSSR count). The maximum absolute atomic E-state index is 5.44. The van der Waals surface area contributed by atoms with Crippen LogP contribution in [-0.4, -0.2) is 4.37 Å². The topological polar surface area (TPSA) is 12.9 Å². The third-order valence-corrected chi connectivity index (χ3v) is 2.02. The van der Waals surface area contributed by atoms with Crippen molar-refractivity contribution < 1.29 is 0 Å². The molecule has 1 aromatic rings. The van der Waals surface area contributed by atoms with Gasteiger partial charge >= 0.3 is 0 Å². The molecule has 0 radical (unpaired) electrons. The molecule has 0 aliphatic heterocycles. The van der Waals surface area contributed by atoms with Crippen molar-refractivity contribution >= 4 is 34.7 Å². The summed E-state index contributed by atoms with van der Waals surface area (Å²) in [6.45, 7) is 0. The lowest BCUT2D eigenvalue weighted by Gasteiger charge is -1.71. The molecule has 0 spiro atoms. The van der Waals surface area contributed by atoms with Crippen LogP contribution in [0.5, 0.6) is 0 Å². The molecule has 0 fully saturated rings. The fraction of sp³-hybridized carbons (Fsp3) is 0. The van der Waals surface area contributed by atoms with Crippen molar-refractivity contribution in [2.75, 3.05) is 0 Å². The second-order valence-corrected chi connectivity index (χ2v) is 2.35. The quantitative estimate of drug-likeness (QED) is 0.559. The number of hydrogen-bond acceptors (Lipinski definition) is 2. The van der Waals surface area contributed by atoms with Gasteiger partial charge in [-0.3, -0.25) is 0 Å². The van der Waals surface area contributed by atoms with E-state index in [-0.39, 0.29) is 0 Å². The molecule has 38 valence electrons. The summed E-state index contributed by atoms with van der Waals surface area (Å²) in [7, 11) is 0. The van der Waals surface area contributed by atoms with Crippen molar-refractivity contribution in [3.8, 4) is 0 Å². The van der Waals surface area contributed by atoms with Gasteiger partial charge in [-0.15, -0.1) is 0 Å². The van der Waals surface area contributed by atoms with E-state index in [4.69, 9.17) is 23.2 Å². The summed E-state index contributed by atoms with van der Waals surface area (Å²) in [4.78, 5) is 0. The van der Waals surface area contributed by atoms with Crippen molar-refractivity contribution in [3.05, 3.63) is 15.6 Å². The zero-order chi connectivity index (χ0) is 5.28. The molecule has 0 saturated heterocycles. The van der Waals surface area contributed by atoms with Crippen molar-refractivity contribution in [2.45, 2.75) is 0 Å². The number of rotatable bonds is 0. The Kier molecular flexibility index (Phi) is 1.52. The Labute approximate surface area is 55.0 Å². The first-order valence-electron chi connectivity index (χ1n) is 1.56. The van der Waals surface area contributed by atoms with Crippen molar-refractivity contribution in [1.29, 1.82) is 0 Å². The van der Waals surface area contributed by atoms with E-state index >= 15 is 0 Å². The van der Waals surface area contributed by atoms with Gasteiger partial charge in [0.05, 0.1) is 5.02 Å². The fourth-order valence-electron chi connectivity index (χ4n) is 0.211. The summed E-state index contributed by atoms with van der Waals surface area (Å²) in [6.07, 6.45) is 0. The van der Waals surface area contributed by atoms with E-state index in [1.54, 1.807) is 5.38 Å². The molecule has 7 heavy (non-hydrogen) atoms. The molecule has 1 aromatic heterocycles. The summed E-state index contributed by atoms with van der Waals surface area (Å²) in [6, 6.07) is 0. The van der Waals surface area contributed by atoms with Gasteiger partial charge in [0.1, 0.15) is 0 Å². The minimum Gasteiger partial charge on any atom is -0.179 e. The monoisotopic (exact) mass is 153 g/mol. The Morgan fingerprint density at radius 1 is 1.57 bits per heavy atom. The summed E-state index contributed by atoms with van der Waals surface area (Å²) >= 11 is 12.1. The fourth-order valence-corrected chi connectivity index (χ4v) is 1.11. The van der Waals surface area contributed by atoms with Gasteiger partial charge < -0.3 is 0 Å². The minimum absolute atomic E-state index is 0.395. The Morgan fingerprint density at radius 3 is 2.43 bits per heavy atom. The molecular weight excluding hydrogens is 153 g/mol. The lowest BCUT2D eigenvalue weighted by molar-refractivity contribution is 1.58. The molecular formula is C3HCl2NS. The van der Waals surface area contributed by atoms with Crippen LogP contribution in [0, 0.1) is 0 Å². The van der Waals surface area contributed by atoms with E-state index < -0.39 is 0 Å². The molecule has 0 unspecified atom stereocenters. The highest BCUT2D eigenvalue weighted by atomic mass is 35.5. The number of aromatic nitrogens is 1. The van der Waals surface area contributed by atoms with E-state index in [1.165, 1.54) is 11.5 Å². The summed E-state index contributed by atoms with van der Waals surface area (Å²) in [5.41, 5.74) is 0. The predicted octanol–water partition coefficient (Wildman–Crippen LogP) is 2.45. The van der Waals surface area contributed by atoms with E-state index in [9.17, 15) is 0 Å². The van der Waals surface area contributed by atoms with Gasteiger partial charge in [-0.05, 0) is 11.5 Å². The van der Waals surface area contributed by atoms with Crippen LogP contribution >= 0.6 is 34.7 Å². The van der Waals surface area contributed by atoms with Gasteiger partial charge in [-0.2, -0.15) is 4.37 Å². The first-order valence-corrected chi connectivity index (χ1v) is 3.15. The zero-order valence-electron chi connectivity index (χ0n) is 3.19. The van der Waals surface area contributed by atoms with E-state index in [0.717, 1.165) is 0 Å². The SMILES string of the molecule is Clc1csnc1Cl. The van der Waals surface area contributed by atoms with E-state index in [2.05, 4.69) is 4.37 Å². The Morgan fingerprint density at radius 2 is 2.29 bits per heavy atom. The normalized spacial score (nSPS) is 9.43. The maximum Gasteiger partial charge on any atom is 0.161 e. The van der Waals surface area contributed by atoms with Crippen LogP contribution in [0.4, 0.5) is 0 Å². The van der Waals surface area contributed by atoms with Crippen LogP contribution in [0.3, 0.4) is 0 Å². The molecule has 0 N–H and O–H groups in total. The zero-order valence-corrected chi connectivity index (χ0v) is 5.52. The van der Waals surface area contributed by atoms with Gasteiger partial charge in [-0.25, -0.2) is 0 Å². The third kappa shape index (κ3) is 1.06. The van der Waals surface area contributed by atoms with Crippen LogP contribution in [0.1, 0.15) is 0 Å². The third-order valence-electron chi connectivity index (χ3n) is 0.486. The average molecular weight is 154 g/mol. The number of halogens is 2. The standard InChI is InChI=1S/C3HCl2NS/c4-2-1-7-6-3(2)5/h1H. The Bertz CT molecular complexity index is 145.